The van der Waals surface area contributed by atoms with E-state index in [9.17, 15) is 19.3 Å². The Balaban J connectivity index is 2.66. The first-order valence-corrected chi connectivity index (χ1v) is 6.17. The maximum absolute atomic E-state index is 14.1. The van der Waals surface area contributed by atoms with Crippen molar-refractivity contribution >= 4 is 23.3 Å². The largest absolute Gasteiger partial charge is 0.460 e. The predicted octanol–water partition coefficient (Wildman–Crippen LogP) is 2.75. The number of nitrogens with zero attached hydrogens (tertiary/aromatic N) is 3. The monoisotopic (exact) mass is 313 g/mol. The van der Waals surface area contributed by atoms with Crippen LogP contribution >= 0.6 is 11.6 Å². The van der Waals surface area contributed by atoms with Gasteiger partial charge in [-0.1, -0.05) is 11.6 Å². The summed E-state index contributed by atoms with van der Waals surface area (Å²) in [7, 11) is 0. The van der Waals surface area contributed by atoms with E-state index in [0.29, 0.717) is 0 Å². The molecule has 0 aliphatic heterocycles. The second kappa shape index (κ2) is 5.88. The van der Waals surface area contributed by atoms with Crippen LogP contribution in [0, 0.1) is 15.9 Å². The van der Waals surface area contributed by atoms with Crippen LogP contribution < -0.4 is 0 Å². The van der Waals surface area contributed by atoms with Crippen molar-refractivity contribution in [3.05, 3.63) is 51.3 Å². The third kappa shape index (κ3) is 2.84. The predicted molar refractivity (Wildman–Crippen MR) is 71.1 cm³/mol. The minimum absolute atomic E-state index is 0.0941. The molecule has 0 bridgehead atoms. The summed E-state index contributed by atoms with van der Waals surface area (Å²) in [5.74, 6) is -2.02. The molecule has 1 aromatic carbocycles. The molecular formula is C12H9ClFN3O4. The molecular weight excluding hydrogens is 305 g/mol. The molecule has 7 nitrogen and oxygen atoms in total. The first kappa shape index (κ1) is 14.9. The van der Waals surface area contributed by atoms with E-state index < -0.39 is 28.1 Å². The summed E-state index contributed by atoms with van der Waals surface area (Å²) in [5.41, 5.74) is -1.01. The molecule has 0 amide bonds. The number of benzene rings is 1. The van der Waals surface area contributed by atoms with Gasteiger partial charge in [0.05, 0.1) is 16.6 Å². The number of rotatable bonds is 4. The Morgan fingerprint density at radius 1 is 1.57 bits per heavy atom. The zero-order valence-electron chi connectivity index (χ0n) is 10.7. The number of carbonyl (C=O) groups is 1. The smallest absolute Gasteiger partial charge is 0.374 e. The molecule has 0 aliphatic rings. The van der Waals surface area contributed by atoms with Crippen LogP contribution in [0.15, 0.2) is 24.5 Å². The van der Waals surface area contributed by atoms with Crippen molar-refractivity contribution in [1.82, 2.24) is 9.55 Å². The lowest BCUT2D eigenvalue weighted by Crippen LogP contribution is -2.14. The minimum atomic E-state index is -0.947. The van der Waals surface area contributed by atoms with Crippen molar-refractivity contribution in [3.8, 4) is 5.69 Å². The zero-order valence-corrected chi connectivity index (χ0v) is 11.5. The summed E-state index contributed by atoms with van der Waals surface area (Å²) in [6, 6.07) is 1.91. The quantitative estimate of drug-likeness (QED) is 0.492. The number of aromatic nitrogens is 2. The summed E-state index contributed by atoms with van der Waals surface area (Å²) in [5, 5.41) is 10.9. The Kier molecular flexibility index (Phi) is 4.18. The van der Waals surface area contributed by atoms with E-state index >= 15 is 0 Å². The fraction of sp³-hybridized carbons (Fsp3) is 0.167. The van der Waals surface area contributed by atoms with Gasteiger partial charge in [0, 0.05) is 18.5 Å². The highest BCUT2D eigenvalue weighted by molar-refractivity contribution is 6.30. The minimum Gasteiger partial charge on any atom is -0.460 e. The highest BCUT2D eigenvalue weighted by atomic mass is 35.5. The van der Waals surface area contributed by atoms with Crippen molar-refractivity contribution < 1.29 is 18.8 Å². The number of hydrogen-bond donors (Lipinski definition) is 0. The van der Waals surface area contributed by atoms with E-state index in [0.717, 1.165) is 16.7 Å². The van der Waals surface area contributed by atoms with Crippen molar-refractivity contribution in [2.45, 2.75) is 6.92 Å². The van der Waals surface area contributed by atoms with Crippen LogP contribution in [0.4, 0.5) is 10.1 Å². The number of imidazole rings is 1. The van der Waals surface area contributed by atoms with Gasteiger partial charge in [0.25, 0.3) is 5.69 Å². The third-order valence-corrected chi connectivity index (χ3v) is 2.76. The summed E-state index contributed by atoms with van der Waals surface area (Å²) in [6.07, 6.45) is 2.44. The second-order valence-corrected chi connectivity index (χ2v) is 4.29. The second-order valence-electron chi connectivity index (χ2n) is 3.85. The van der Waals surface area contributed by atoms with Crippen LogP contribution in [0.1, 0.15) is 17.5 Å². The molecule has 1 heterocycles. The van der Waals surface area contributed by atoms with Crippen molar-refractivity contribution in [2.24, 2.45) is 0 Å². The van der Waals surface area contributed by atoms with E-state index in [-0.39, 0.29) is 17.5 Å². The Hall–Kier alpha value is -2.48. The first-order chi connectivity index (χ1) is 9.95. The molecule has 0 aliphatic carbocycles. The molecule has 2 rings (SSSR count). The number of halogens is 2. The summed E-state index contributed by atoms with van der Waals surface area (Å²) in [4.78, 5) is 25.7. The van der Waals surface area contributed by atoms with Crippen molar-refractivity contribution in [1.29, 1.82) is 0 Å². The molecule has 1 aromatic heterocycles. The molecule has 0 unspecified atom stereocenters. The molecule has 21 heavy (non-hydrogen) atoms. The van der Waals surface area contributed by atoms with Gasteiger partial charge in [0.15, 0.2) is 11.5 Å². The fourth-order valence-electron chi connectivity index (χ4n) is 1.76. The van der Waals surface area contributed by atoms with Crippen LogP contribution in [0.2, 0.25) is 5.02 Å². The average Bonchev–Trinajstić information content (AvgIpc) is 2.86. The van der Waals surface area contributed by atoms with Crippen LogP contribution in [0.25, 0.3) is 5.69 Å². The van der Waals surface area contributed by atoms with Crippen molar-refractivity contribution in [2.75, 3.05) is 6.61 Å². The van der Waals surface area contributed by atoms with Gasteiger partial charge >= 0.3 is 5.97 Å². The highest BCUT2D eigenvalue weighted by Crippen LogP contribution is 2.30. The van der Waals surface area contributed by atoms with Crippen LogP contribution in [-0.4, -0.2) is 27.1 Å². The molecule has 110 valence electrons. The molecule has 0 radical (unpaired) electrons. The number of carbonyl (C=O) groups excluding carboxylic acids is 1. The Morgan fingerprint density at radius 3 is 2.90 bits per heavy atom. The fourth-order valence-corrected chi connectivity index (χ4v) is 1.96. The number of ether oxygens (including phenoxy) is 1. The number of nitro benzene ring substituents is 1. The standard InChI is InChI=1S/C12H9ClFN3O4/c1-2-21-12(18)11-15-3-4-16(11)10-8(14)5-7(13)6-9(10)17(19)20/h3-6H,2H2,1H3. The van der Waals surface area contributed by atoms with Gasteiger partial charge in [-0.25, -0.2) is 14.2 Å². The number of nitro groups is 1. The van der Waals surface area contributed by atoms with Crippen LogP contribution in [0.3, 0.4) is 0 Å². The lowest BCUT2D eigenvalue weighted by molar-refractivity contribution is -0.384. The SMILES string of the molecule is CCOC(=O)c1nccn1-c1c(F)cc(Cl)cc1[N+](=O)[O-]. The van der Waals surface area contributed by atoms with Crippen molar-refractivity contribution in [3.63, 3.8) is 0 Å². The Bertz CT molecular complexity index is 717. The normalized spacial score (nSPS) is 10.4. The van der Waals surface area contributed by atoms with Gasteiger partial charge < -0.3 is 4.74 Å². The number of esters is 1. The van der Waals surface area contributed by atoms with E-state index in [2.05, 4.69) is 4.98 Å². The molecule has 0 saturated carbocycles. The van der Waals surface area contributed by atoms with E-state index in [1.165, 1.54) is 12.4 Å². The molecule has 0 fully saturated rings. The molecule has 0 spiro atoms. The molecule has 0 N–H and O–H groups in total. The Labute approximate surface area is 123 Å². The average molecular weight is 314 g/mol. The lowest BCUT2D eigenvalue weighted by Gasteiger charge is -2.09. The van der Waals surface area contributed by atoms with Gasteiger partial charge in [-0.15, -0.1) is 0 Å². The third-order valence-electron chi connectivity index (χ3n) is 2.54. The van der Waals surface area contributed by atoms with Gasteiger partial charge in [0.1, 0.15) is 0 Å². The molecule has 9 heteroatoms. The van der Waals surface area contributed by atoms with Crippen LogP contribution in [-0.2, 0) is 4.74 Å². The summed E-state index contributed by atoms with van der Waals surface area (Å²) in [6.45, 7) is 1.69. The van der Waals surface area contributed by atoms with Gasteiger partial charge in [0.2, 0.25) is 5.82 Å². The lowest BCUT2D eigenvalue weighted by atomic mass is 10.2. The molecule has 0 atom stereocenters. The van der Waals surface area contributed by atoms with Gasteiger partial charge in [-0.2, -0.15) is 0 Å². The highest BCUT2D eigenvalue weighted by Gasteiger charge is 2.26. The van der Waals surface area contributed by atoms with E-state index in [1.54, 1.807) is 6.92 Å². The van der Waals surface area contributed by atoms with E-state index in [4.69, 9.17) is 16.3 Å². The summed E-state index contributed by atoms with van der Waals surface area (Å²) >= 11 is 5.62. The summed E-state index contributed by atoms with van der Waals surface area (Å²) < 4.78 is 19.8. The molecule has 2 aromatic rings. The topological polar surface area (TPSA) is 87.3 Å². The molecule has 0 saturated heterocycles. The Morgan fingerprint density at radius 2 is 2.29 bits per heavy atom. The first-order valence-electron chi connectivity index (χ1n) is 5.80. The van der Waals surface area contributed by atoms with Gasteiger partial charge in [-0.05, 0) is 13.0 Å². The number of hydrogen-bond acceptors (Lipinski definition) is 5. The maximum Gasteiger partial charge on any atom is 0.374 e. The zero-order chi connectivity index (χ0) is 15.6. The van der Waals surface area contributed by atoms with Crippen LogP contribution in [0.5, 0.6) is 0 Å². The maximum atomic E-state index is 14.1. The van der Waals surface area contributed by atoms with E-state index in [1.807, 2.05) is 0 Å². The van der Waals surface area contributed by atoms with Gasteiger partial charge in [-0.3, -0.25) is 14.7 Å².